The van der Waals surface area contributed by atoms with E-state index in [9.17, 15) is 25.2 Å². The summed E-state index contributed by atoms with van der Waals surface area (Å²) in [5.41, 5.74) is -0.492. The molecule has 4 aliphatic carbocycles. The number of carbonyl (C=O) groups is 1. The molecule has 4 rings (SSSR count). The fourth-order valence-corrected chi connectivity index (χ4v) is 8.74. The van der Waals surface area contributed by atoms with Crippen LogP contribution in [0.25, 0.3) is 0 Å². The fourth-order valence-electron chi connectivity index (χ4n) is 8.74. The van der Waals surface area contributed by atoms with Crippen molar-refractivity contribution in [3.8, 4) is 0 Å². The van der Waals surface area contributed by atoms with E-state index < -0.39 is 30.4 Å². The van der Waals surface area contributed by atoms with Crippen LogP contribution in [0.1, 0.15) is 72.1 Å². The van der Waals surface area contributed by atoms with E-state index in [0.717, 1.165) is 19.3 Å². The van der Waals surface area contributed by atoms with Gasteiger partial charge in [0.25, 0.3) is 0 Å². The monoisotopic (exact) mass is 424 g/mol. The lowest BCUT2D eigenvalue weighted by atomic mass is 9.42. The van der Waals surface area contributed by atoms with Gasteiger partial charge in [0.05, 0.1) is 24.4 Å². The number of aliphatic hydroxyl groups is 4. The summed E-state index contributed by atoms with van der Waals surface area (Å²) in [4.78, 5) is 11.1. The van der Waals surface area contributed by atoms with E-state index >= 15 is 0 Å². The van der Waals surface area contributed by atoms with E-state index in [0.29, 0.717) is 25.7 Å². The first kappa shape index (κ1) is 22.5. The summed E-state index contributed by atoms with van der Waals surface area (Å²) in [7, 11) is 0. The molecule has 0 heterocycles. The second kappa shape index (κ2) is 7.72. The van der Waals surface area contributed by atoms with Gasteiger partial charge < -0.3 is 25.5 Å². The smallest absolute Gasteiger partial charge is 0.303 e. The van der Waals surface area contributed by atoms with E-state index in [1.54, 1.807) is 0 Å². The Morgan fingerprint density at radius 2 is 1.67 bits per heavy atom. The molecule has 0 bridgehead atoms. The lowest BCUT2D eigenvalue weighted by Crippen LogP contribution is -2.64. The van der Waals surface area contributed by atoms with Crippen LogP contribution >= 0.6 is 0 Å². The SMILES string of the molecule is C[C@H](CCC(=O)O)[C@H]1CC[C@H]2[C@@H]3C(O)CC4C(O)C(O)CC[C@]4(C)[C@H]3CC(O)[C@]12C. The third-order valence-electron chi connectivity index (χ3n) is 10.4. The Labute approximate surface area is 179 Å². The first-order valence-corrected chi connectivity index (χ1v) is 12.0. The first-order valence-electron chi connectivity index (χ1n) is 12.0. The predicted octanol–water partition coefficient (Wildman–Crippen LogP) is 2.42. The van der Waals surface area contributed by atoms with E-state index in [2.05, 4.69) is 20.8 Å². The number of hydrogen-bond donors (Lipinski definition) is 5. The molecular weight excluding hydrogens is 384 g/mol. The highest BCUT2D eigenvalue weighted by Gasteiger charge is 2.66. The second-order valence-corrected chi connectivity index (χ2v) is 11.5. The van der Waals surface area contributed by atoms with Crippen molar-refractivity contribution in [3.05, 3.63) is 0 Å². The summed E-state index contributed by atoms with van der Waals surface area (Å²) in [5, 5.41) is 52.7. The predicted molar refractivity (Wildman–Crippen MR) is 111 cm³/mol. The topological polar surface area (TPSA) is 118 Å². The van der Waals surface area contributed by atoms with Gasteiger partial charge in [-0.25, -0.2) is 0 Å². The van der Waals surface area contributed by atoms with Crippen molar-refractivity contribution in [1.29, 1.82) is 0 Å². The molecule has 0 amide bonds. The van der Waals surface area contributed by atoms with Crippen LogP contribution in [0.2, 0.25) is 0 Å². The normalized spacial score (nSPS) is 54.0. The maximum atomic E-state index is 11.5. The highest BCUT2D eigenvalue weighted by Crippen LogP contribution is 2.68. The lowest BCUT2D eigenvalue weighted by molar-refractivity contribution is -0.228. The summed E-state index contributed by atoms with van der Waals surface area (Å²) in [6, 6.07) is 0. The average Bonchev–Trinajstić information content (AvgIpc) is 3.04. The molecule has 5 N–H and O–H groups in total. The zero-order valence-electron chi connectivity index (χ0n) is 18.6. The number of fused-ring (bicyclic) bond motifs is 5. The molecule has 6 heteroatoms. The highest BCUT2D eigenvalue weighted by atomic mass is 16.4. The molecule has 0 aliphatic heterocycles. The zero-order chi connectivity index (χ0) is 22.0. The number of rotatable bonds is 4. The van der Waals surface area contributed by atoms with E-state index in [1.807, 2.05) is 0 Å². The van der Waals surface area contributed by atoms with Crippen LogP contribution in [0.3, 0.4) is 0 Å². The van der Waals surface area contributed by atoms with Gasteiger partial charge in [0.2, 0.25) is 0 Å². The molecule has 0 radical (unpaired) electrons. The summed E-state index contributed by atoms with van der Waals surface area (Å²) in [6.45, 7) is 6.50. The molecule has 0 saturated heterocycles. The van der Waals surface area contributed by atoms with E-state index in [1.165, 1.54) is 0 Å². The molecular formula is C24H40O6. The van der Waals surface area contributed by atoms with Gasteiger partial charge in [-0.15, -0.1) is 0 Å². The maximum absolute atomic E-state index is 11.5. The molecule has 5 unspecified atom stereocenters. The third kappa shape index (κ3) is 3.16. The molecule has 0 spiro atoms. The quantitative estimate of drug-likeness (QED) is 0.473. The minimum atomic E-state index is -0.808. The summed E-state index contributed by atoms with van der Waals surface area (Å²) < 4.78 is 0. The van der Waals surface area contributed by atoms with Crippen molar-refractivity contribution in [2.24, 2.45) is 46.3 Å². The van der Waals surface area contributed by atoms with Gasteiger partial charge in [0.1, 0.15) is 0 Å². The molecule has 172 valence electrons. The number of aliphatic hydroxyl groups excluding tert-OH is 4. The molecule has 4 saturated carbocycles. The van der Waals surface area contributed by atoms with Gasteiger partial charge in [-0.2, -0.15) is 0 Å². The number of hydrogen-bond acceptors (Lipinski definition) is 5. The largest absolute Gasteiger partial charge is 0.481 e. The van der Waals surface area contributed by atoms with Crippen LogP contribution in [-0.2, 0) is 4.79 Å². The van der Waals surface area contributed by atoms with Gasteiger partial charge in [-0.05, 0) is 91.3 Å². The molecule has 4 aliphatic rings. The molecule has 4 fully saturated rings. The molecule has 0 aromatic carbocycles. The van der Waals surface area contributed by atoms with Crippen LogP contribution in [0.15, 0.2) is 0 Å². The van der Waals surface area contributed by atoms with Crippen molar-refractivity contribution in [2.75, 3.05) is 0 Å². The Kier molecular flexibility index (Phi) is 5.79. The van der Waals surface area contributed by atoms with Crippen molar-refractivity contribution in [2.45, 2.75) is 96.6 Å². The molecule has 0 aromatic rings. The number of carboxylic acids is 1. The number of aliphatic carboxylic acids is 1. The van der Waals surface area contributed by atoms with Crippen molar-refractivity contribution in [1.82, 2.24) is 0 Å². The third-order valence-corrected chi connectivity index (χ3v) is 10.4. The van der Waals surface area contributed by atoms with Crippen molar-refractivity contribution in [3.63, 3.8) is 0 Å². The van der Waals surface area contributed by atoms with E-state index in [-0.39, 0.29) is 52.8 Å². The first-order chi connectivity index (χ1) is 14.0. The standard InChI is InChI=1S/C24H40O6/c1-12(4-7-20(28)29)13-5-6-14-21-15(11-19(27)24(13,14)3)23(2)9-8-17(25)22(30)16(23)10-18(21)26/h12-19,21-22,25-27,30H,4-11H2,1-3H3,(H,28,29)/t12-,13-,14+,15+,16?,17?,18?,19?,21+,22?,23-,24-/m1/s1. The second-order valence-electron chi connectivity index (χ2n) is 11.5. The van der Waals surface area contributed by atoms with Crippen LogP contribution in [0.4, 0.5) is 0 Å². The number of carboxylic acid groups (broad SMARTS) is 1. The summed E-state index contributed by atoms with van der Waals surface area (Å²) >= 11 is 0. The van der Waals surface area contributed by atoms with Crippen LogP contribution in [-0.4, -0.2) is 55.9 Å². The fraction of sp³-hybridized carbons (Fsp3) is 0.958. The van der Waals surface area contributed by atoms with Crippen LogP contribution in [0, 0.1) is 46.3 Å². The van der Waals surface area contributed by atoms with Crippen molar-refractivity contribution >= 4 is 5.97 Å². The highest BCUT2D eigenvalue weighted by molar-refractivity contribution is 5.66. The van der Waals surface area contributed by atoms with Crippen LogP contribution in [0.5, 0.6) is 0 Å². The Morgan fingerprint density at radius 1 is 0.967 bits per heavy atom. The Morgan fingerprint density at radius 3 is 2.33 bits per heavy atom. The molecule has 12 atom stereocenters. The van der Waals surface area contributed by atoms with Crippen LogP contribution < -0.4 is 0 Å². The lowest BCUT2D eigenvalue weighted by Gasteiger charge is -2.64. The summed E-state index contributed by atoms with van der Waals surface area (Å²) in [6.07, 6.45) is 2.67. The maximum Gasteiger partial charge on any atom is 0.303 e. The minimum absolute atomic E-state index is 0.0961. The van der Waals surface area contributed by atoms with Gasteiger partial charge in [-0.3, -0.25) is 4.79 Å². The van der Waals surface area contributed by atoms with Gasteiger partial charge >= 0.3 is 5.97 Å². The zero-order valence-corrected chi connectivity index (χ0v) is 18.6. The molecule has 30 heavy (non-hydrogen) atoms. The van der Waals surface area contributed by atoms with Gasteiger partial charge in [0, 0.05) is 6.42 Å². The Bertz CT molecular complexity index is 668. The van der Waals surface area contributed by atoms with Gasteiger partial charge in [0.15, 0.2) is 0 Å². The van der Waals surface area contributed by atoms with E-state index in [4.69, 9.17) is 5.11 Å². The molecule has 0 aromatic heterocycles. The Balaban J connectivity index is 1.62. The van der Waals surface area contributed by atoms with Crippen molar-refractivity contribution < 1.29 is 30.3 Å². The average molecular weight is 425 g/mol. The van der Waals surface area contributed by atoms with Gasteiger partial charge in [-0.1, -0.05) is 20.8 Å². The molecule has 6 nitrogen and oxygen atoms in total. The Hall–Kier alpha value is -0.690. The summed E-state index contributed by atoms with van der Waals surface area (Å²) in [5.74, 6) is 0.00666. The minimum Gasteiger partial charge on any atom is -0.481 e.